The van der Waals surface area contributed by atoms with Crippen LogP contribution in [-0.4, -0.2) is 17.8 Å². The molecule has 1 unspecified atom stereocenters. The Morgan fingerprint density at radius 3 is 2.11 bits per heavy atom. The molecule has 0 rings (SSSR count). The molecule has 0 bridgehead atoms. The lowest BCUT2D eigenvalue weighted by Crippen LogP contribution is -2.35. The Labute approximate surface area is 57.1 Å². The minimum atomic E-state index is -0.359. The average Bonchev–Trinajstić information content (AvgIpc) is 1.86. The summed E-state index contributed by atoms with van der Waals surface area (Å²) in [6, 6.07) is 0. The van der Waals surface area contributed by atoms with Crippen molar-refractivity contribution < 1.29 is 5.11 Å². The van der Waals surface area contributed by atoms with Crippen LogP contribution in [0.15, 0.2) is 0 Å². The molecule has 0 aliphatic carbocycles. The van der Waals surface area contributed by atoms with Crippen LogP contribution in [0.4, 0.5) is 0 Å². The maximum Gasteiger partial charge on any atom is 0.0713 e. The molecule has 0 aromatic carbocycles. The summed E-state index contributed by atoms with van der Waals surface area (Å²) in [6.07, 6.45) is 0.605. The maximum absolute atomic E-state index is 9.26. The summed E-state index contributed by atoms with van der Waals surface area (Å²) < 4.78 is 0. The molecule has 0 heterocycles. The van der Waals surface area contributed by atoms with E-state index in [2.05, 4.69) is 6.92 Å². The highest BCUT2D eigenvalue weighted by atomic mass is 16.3. The van der Waals surface area contributed by atoms with E-state index in [0.29, 0.717) is 6.54 Å². The molecule has 0 aliphatic heterocycles. The highest BCUT2D eigenvalue weighted by molar-refractivity contribution is 4.76. The van der Waals surface area contributed by atoms with E-state index in [1.54, 1.807) is 0 Å². The van der Waals surface area contributed by atoms with Gasteiger partial charge in [0.2, 0.25) is 0 Å². The van der Waals surface area contributed by atoms with Crippen LogP contribution in [0.3, 0.4) is 0 Å². The molecule has 0 amide bonds. The lowest BCUT2D eigenvalue weighted by atomic mass is 9.84. The van der Waals surface area contributed by atoms with E-state index in [9.17, 15) is 5.11 Å². The minimum Gasteiger partial charge on any atom is -0.391 e. The number of aliphatic hydroxyl groups is 1. The SMILES string of the molecule is CCC(C)(C)C(O)CN. The van der Waals surface area contributed by atoms with Gasteiger partial charge in [-0.15, -0.1) is 0 Å². The summed E-state index contributed by atoms with van der Waals surface area (Å²) in [5.41, 5.74) is 5.26. The van der Waals surface area contributed by atoms with Crippen LogP contribution in [0.25, 0.3) is 0 Å². The average molecular weight is 131 g/mol. The van der Waals surface area contributed by atoms with Gasteiger partial charge in [-0.05, 0) is 11.8 Å². The van der Waals surface area contributed by atoms with Crippen LogP contribution < -0.4 is 5.73 Å². The van der Waals surface area contributed by atoms with Gasteiger partial charge < -0.3 is 10.8 Å². The highest BCUT2D eigenvalue weighted by Gasteiger charge is 2.23. The molecule has 1 atom stereocenters. The molecule has 0 fully saturated rings. The summed E-state index contributed by atoms with van der Waals surface area (Å²) in [4.78, 5) is 0. The Morgan fingerprint density at radius 1 is 1.56 bits per heavy atom. The van der Waals surface area contributed by atoms with Crippen molar-refractivity contribution in [1.82, 2.24) is 0 Å². The third-order valence-electron chi connectivity index (χ3n) is 2.04. The minimum absolute atomic E-state index is 0.0191. The van der Waals surface area contributed by atoms with Gasteiger partial charge in [0.25, 0.3) is 0 Å². The summed E-state index contributed by atoms with van der Waals surface area (Å²) in [5, 5.41) is 9.26. The molecule has 0 saturated carbocycles. The number of nitrogens with two attached hydrogens (primary N) is 1. The molecular weight excluding hydrogens is 114 g/mol. The Balaban J connectivity index is 3.80. The van der Waals surface area contributed by atoms with Crippen molar-refractivity contribution in [2.75, 3.05) is 6.54 Å². The van der Waals surface area contributed by atoms with Gasteiger partial charge in [-0.3, -0.25) is 0 Å². The molecule has 0 spiro atoms. The molecule has 56 valence electrons. The topological polar surface area (TPSA) is 46.2 Å². The Hall–Kier alpha value is -0.0800. The van der Waals surface area contributed by atoms with Crippen molar-refractivity contribution in [3.8, 4) is 0 Å². The molecular formula is C7H17NO. The van der Waals surface area contributed by atoms with Crippen LogP contribution in [0.5, 0.6) is 0 Å². The summed E-state index contributed by atoms with van der Waals surface area (Å²) in [5.74, 6) is 0. The van der Waals surface area contributed by atoms with E-state index in [-0.39, 0.29) is 11.5 Å². The van der Waals surface area contributed by atoms with Crippen molar-refractivity contribution in [3.05, 3.63) is 0 Å². The highest BCUT2D eigenvalue weighted by Crippen LogP contribution is 2.23. The molecule has 0 aromatic rings. The van der Waals surface area contributed by atoms with Crippen molar-refractivity contribution in [1.29, 1.82) is 0 Å². The Kier molecular flexibility index (Phi) is 3.15. The number of hydrogen-bond acceptors (Lipinski definition) is 2. The molecule has 0 aliphatic rings. The van der Waals surface area contributed by atoms with Crippen LogP contribution in [0.2, 0.25) is 0 Å². The lowest BCUT2D eigenvalue weighted by molar-refractivity contribution is 0.0549. The first-order valence-corrected chi connectivity index (χ1v) is 3.42. The summed E-state index contributed by atoms with van der Waals surface area (Å²) >= 11 is 0. The first-order valence-electron chi connectivity index (χ1n) is 3.42. The van der Waals surface area contributed by atoms with Gasteiger partial charge in [0.1, 0.15) is 0 Å². The predicted molar refractivity (Wildman–Crippen MR) is 39.1 cm³/mol. The standard InChI is InChI=1S/C7H17NO/c1-4-7(2,3)6(9)5-8/h6,9H,4-5,8H2,1-3H3. The fourth-order valence-corrected chi connectivity index (χ4v) is 0.555. The molecule has 0 saturated heterocycles. The van der Waals surface area contributed by atoms with Crippen molar-refractivity contribution in [2.24, 2.45) is 11.1 Å². The third kappa shape index (κ3) is 2.33. The second-order valence-electron chi connectivity index (χ2n) is 3.09. The zero-order chi connectivity index (χ0) is 7.49. The largest absolute Gasteiger partial charge is 0.391 e. The number of hydrogen-bond donors (Lipinski definition) is 2. The van der Waals surface area contributed by atoms with Crippen molar-refractivity contribution >= 4 is 0 Å². The number of rotatable bonds is 3. The summed E-state index contributed by atoms with van der Waals surface area (Å²) in [7, 11) is 0. The van der Waals surface area contributed by atoms with Crippen LogP contribution in [0.1, 0.15) is 27.2 Å². The fourth-order valence-electron chi connectivity index (χ4n) is 0.555. The van der Waals surface area contributed by atoms with Gasteiger partial charge in [0, 0.05) is 6.54 Å². The maximum atomic E-state index is 9.26. The van der Waals surface area contributed by atoms with Crippen LogP contribution in [-0.2, 0) is 0 Å². The van der Waals surface area contributed by atoms with E-state index in [4.69, 9.17) is 5.73 Å². The monoisotopic (exact) mass is 131 g/mol. The van der Waals surface area contributed by atoms with E-state index in [1.807, 2.05) is 13.8 Å². The molecule has 0 radical (unpaired) electrons. The Morgan fingerprint density at radius 2 is 2.00 bits per heavy atom. The molecule has 0 aromatic heterocycles. The number of aliphatic hydroxyl groups excluding tert-OH is 1. The van der Waals surface area contributed by atoms with Crippen LogP contribution >= 0.6 is 0 Å². The van der Waals surface area contributed by atoms with Crippen LogP contribution in [0, 0.1) is 5.41 Å². The van der Waals surface area contributed by atoms with E-state index < -0.39 is 0 Å². The van der Waals surface area contributed by atoms with Crippen molar-refractivity contribution in [3.63, 3.8) is 0 Å². The first kappa shape index (κ1) is 8.92. The smallest absolute Gasteiger partial charge is 0.0713 e. The van der Waals surface area contributed by atoms with E-state index >= 15 is 0 Å². The second-order valence-corrected chi connectivity index (χ2v) is 3.09. The van der Waals surface area contributed by atoms with Gasteiger partial charge in [-0.2, -0.15) is 0 Å². The zero-order valence-corrected chi connectivity index (χ0v) is 6.52. The quantitative estimate of drug-likeness (QED) is 0.593. The molecule has 9 heavy (non-hydrogen) atoms. The van der Waals surface area contributed by atoms with Gasteiger partial charge in [-0.25, -0.2) is 0 Å². The van der Waals surface area contributed by atoms with E-state index in [0.717, 1.165) is 6.42 Å². The van der Waals surface area contributed by atoms with E-state index in [1.165, 1.54) is 0 Å². The fraction of sp³-hybridized carbons (Fsp3) is 1.00. The van der Waals surface area contributed by atoms with Gasteiger partial charge >= 0.3 is 0 Å². The van der Waals surface area contributed by atoms with Gasteiger partial charge in [-0.1, -0.05) is 20.8 Å². The summed E-state index contributed by atoms with van der Waals surface area (Å²) in [6.45, 7) is 6.45. The lowest BCUT2D eigenvalue weighted by Gasteiger charge is -2.27. The molecule has 3 N–H and O–H groups in total. The normalized spacial score (nSPS) is 15.7. The molecule has 2 nitrogen and oxygen atoms in total. The first-order chi connectivity index (χ1) is 4.04. The third-order valence-corrected chi connectivity index (χ3v) is 2.04. The Bertz CT molecular complexity index is 81.0. The van der Waals surface area contributed by atoms with Crippen molar-refractivity contribution in [2.45, 2.75) is 33.3 Å². The zero-order valence-electron chi connectivity index (χ0n) is 6.52. The van der Waals surface area contributed by atoms with Gasteiger partial charge in [0.05, 0.1) is 6.10 Å². The molecule has 2 heteroatoms. The predicted octanol–water partition coefficient (Wildman–Crippen LogP) is 0.742. The second kappa shape index (κ2) is 3.18. The van der Waals surface area contributed by atoms with Gasteiger partial charge in [0.15, 0.2) is 0 Å².